The Morgan fingerprint density at radius 1 is 0.487 bits per heavy atom. The van der Waals surface area contributed by atoms with E-state index in [-0.39, 0.29) is 0 Å². The van der Waals surface area contributed by atoms with E-state index in [0.29, 0.717) is 12.0 Å². The van der Waals surface area contributed by atoms with Gasteiger partial charge in [0, 0.05) is 0 Å². The first kappa shape index (κ1) is 36.2. The van der Waals surface area contributed by atoms with E-state index < -0.39 is 0 Å². The van der Waals surface area contributed by atoms with Crippen molar-refractivity contribution < 1.29 is 4.57 Å². The van der Waals surface area contributed by atoms with Crippen molar-refractivity contribution in [3.05, 3.63) is 18.2 Å². The van der Waals surface area contributed by atoms with Crippen LogP contribution in [-0.2, 0) is 0 Å². The second kappa shape index (κ2) is 27.4. The van der Waals surface area contributed by atoms with E-state index >= 15 is 0 Å². The Morgan fingerprint density at radius 3 is 1.26 bits per heavy atom. The average molecular weight is 546 g/mol. The van der Waals surface area contributed by atoms with Crippen LogP contribution in [0.3, 0.4) is 0 Å². The average Bonchev–Trinajstić information content (AvgIpc) is 3.43. The Hall–Kier alpha value is -0.790. The van der Waals surface area contributed by atoms with Gasteiger partial charge >= 0.3 is 0 Å². The van der Waals surface area contributed by atoms with Gasteiger partial charge in [0.2, 0.25) is 0 Å². The van der Waals surface area contributed by atoms with E-state index in [2.05, 4.69) is 49.6 Å². The van der Waals surface area contributed by atoms with E-state index in [0.717, 1.165) is 0 Å². The van der Waals surface area contributed by atoms with Gasteiger partial charge in [-0.3, -0.25) is 0 Å². The summed E-state index contributed by atoms with van der Waals surface area (Å²) in [4.78, 5) is 3.71. The summed E-state index contributed by atoms with van der Waals surface area (Å²) >= 11 is 0. The Labute approximate surface area is 246 Å². The molecule has 0 aromatic carbocycles. The summed E-state index contributed by atoms with van der Waals surface area (Å²) in [5.74, 6) is 2.23. The van der Waals surface area contributed by atoms with Crippen LogP contribution in [0.4, 0.5) is 0 Å². The summed E-state index contributed by atoms with van der Waals surface area (Å²) in [6.07, 6.45) is 44.2. The van der Waals surface area contributed by atoms with Gasteiger partial charge in [-0.15, -0.1) is 0 Å². The fourth-order valence-corrected chi connectivity index (χ4v) is 6.43. The molecular formula is C37H73N2+. The molecule has 39 heavy (non-hydrogen) atoms. The molecule has 1 rings (SSSR count). The monoisotopic (exact) mass is 546 g/mol. The molecule has 0 radical (unpaired) electrons. The minimum Gasteiger partial charge on any atom is -0.247 e. The fourth-order valence-electron chi connectivity index (χ4n) is 6.43. The number of rotatable bonds is 30. The van der Waals surface area contributed by atoms with Crippen molar-refractivity contribution >= 4 is 0 Å². The van der Waals surface area contributed by atoms with Crippen LogP contribution in [-0.4, -0.2) is 4.98 Å². The number of hydrogen-bond acceptors (Lipinski definition) is 0. The molecule has 2 unspecified atom stereocenters. The molecule has 0 saturated carbocycles. The number of nitrogens with one attached hydrogen (secondary N) is 1. The number of aromatic nitrogens is 2. The zero-order valence-electron chi connectivity index (χ0n) is 27.6. The van der Waals surface area contributed by atoms with E-state index in [4.69, 9.17) is 0 Å². The molecule has 2 nitrogen and oxygen atoms in total. The molecule has 1 N–H and O–H groups in total. The Balaban J connectivity index is 2.30. The lowest BCUT2D eigenvalue weighted by atomic mass is 9.93. The van der Waals surface area contributed by atoms with Crippen LogP contribution in [0.5, 0.6) is 0 Å². The second-order valence-corrected chi connectivity index (χ2v) is 12.9. The first-order valence-electron chi connectivity index (χ1n) is 18.3. The highest BCUT2D eigenvalue weighted by atomic mass is 15.1. The maximum absolute atomic E-state index is 3.71. The van der Waals surface area contributed by atoms with Gasteiger partial charge in [0.15, 0.2) is 0 Å². The van der Waals surface area contributed by atoms with Gasteiger partial charge in [-0.2, -0.15) is 0 Å². The predicted molar refractivity (Wildman–Crippen MR) is 175 cm³/mol. The molecule has 1 aromatic rings. The summed E-state index contributed by atoms with van der Waals surface area (Å²) in [6.45, 7) is 9.41. The van der Waals surface area contributed by atoms with Crippen LogP contribution in [0, 0.1) is 0 Å². The summed E-state index contributed by atoms with van der Waals surface area (Å²) in [5.41, 5.74) is 0. The van der Waals surface area contributed by atoms with Gasteiger partial charge in [-0.05, 0) is 32.6 Å². The number of nitrogens with zero attached hydrogens (tertiary/aromatic N) is 1. The molecule has 0 bridgehead atoms. The molecule has 0 aliphatic heterocycles. The first-order chi connectivity index (χ1) is 19.2. The highest BCUT2D eigenvalue weighted by Gasteiger charge is 2.25. The lowest BCUT2D eigenvalue weighted by Gasteiger charge is -2.17. The number of hydrogen-bond donors (Lipinski definition) is 1. The van der Waals surface area contributed by atoms with Gasteiger partial charge in [0.05, 0.1) is 12.0 Å². The largest absolute Gasteiger partial charge is 0.257 e. The third-order valence-electron chi connectivity index (χ3n) is 9.14. The lowest BCUT2D eigenvalue weighted by molar-refractivity contribution is -0.727. The number of imidazole rings is 1. The number of aromatic amines is 1. The minimum atomic E-state index is 0.621. The molecule has 0 aliphatic carbocycles. The van der Waals surface area contributed by atoms with Crippen LogP contribution in [0.2, 0.25) is 0 Å². The first-order valence-corrected chi connectivity index (χ1v) is 18.3. The Morgan fingerprint density at radius 2 is 0.821 bits per heavy atom. The Kier molecular flexibility index (Phi) is 25.4. The third kappa shape index (κ3) is 19.8. The van der Waals surface area contributed by atoms with Gasteiger partial charge in [0.25, 0.3) is 5.82 Å². The normalized spacial score (nSPS) is 13.2. The standard InChI is InChI=1S/C37H72N2/c1-5-8-11-13-15-17-19-21-23-25-28-30-35(4)39-34-33-38-37(39)36(31-27-10-7-3)32-29-26-24-22-20-18-16-14-12-9-6-2/h33-36H,5-32H2,1-4H3/p+1. The van der Waals surface area contributed by atoms with Crippen molar-refractivity contribution in [1.29, 1.82) is 0 Å². The minimum absolute atomic E-state index is 0.621. The fraction of sp³-hybridized carbons (Fsp3) is 0.919. The summed E-state index contributed by atoms with van der Waals surface area (Å²) in [7, 11) is 0. The quantitative estimate of drug-likeness (QED) is 0.0732. The molecule has 0 fully saturated rings. The molecule has 2 heteroatoms. The third-order valence-corrected chi connectivity index (χ3v) is 9.14. The van der Waals surface area contributed by atoms with Crippen LogP contribution in [0.15, 0.2) is 12.4 Å². The summed E-state index contributed by atoms with van der Waals surface area (Å²) in [6, 6.07) is 0.621. The molecule has 0 spiro atoms. The molecule has 0 saturated heterocycles. The van der Waals surface area contributed by atoms with Gasteiger partial charge in [-0.1, -0.05) is 175 Å². The van der Waals surface area contributed by atoms with Crippen molar-refractivity contribution in [3.63, 3.8) is 0 Å². The van der Waals surface area contributed by atoms with E-state index in [1.54, 1.807) is 0 Å². The van der Waals surface area contributed by atoms with Crippen molar-refractivity contribution in [2.45, 2.75) is 219 Å². The topological polar surface area (TPSA) is 19.7 Å². The van der Waals surface area contributed by atoms with Crippen molar-refractivity contribution in [3.8, 4) is 0 Å². The van der Waals surface area contributed by atoms with Gasteiger partial charge in [-0.25, -0.2) is 9.55 Å². The maximum Gasteiger partial charge on any atom is 0.257 e. The van der Waals surface area contributed by atoms with E-state index in [9.17, 15) is 0 Å². The Bertz CT molecular complexity index is 606. The van der Waals surface area contributed by atoms with Crippen molar-refractivity contribution in [2.75, 3.05) is 0 Å². The maximum atomic E-state index is 3.71. The molecular weight excluding hydrogens is 472 g/mol. The van der Waals surface area contributed by atoms with Gasteiger partial charge in [0.1, 0.15) is 12.4 Å². The van der Waals surface area contributed by atoms with Crippen LogP contribution in [0.25, 0.3) is 0 Å². The van der Waals surface area contributed by atoms with Crippen molar-refractivity contribution in [2.24, 2.45) is 0 Å². The summed E-state index contributed by atoms with van der Waals surface area (Å²) < 4.78 is 2.62. The highest BCUT2D eigenvalue weighted by molar-refractivity contribution is 4.90. The second-order valence-electron chi connectivity index (χ2n) is 12.9. The highest BCUT2D eigenvalue weighted by Crippen LogP contribution is 2.27. The SMILES string of the molecule is CCCCCCCCCCCCCC(CCCCC)c1[nH]cc[n+]1C(C)CCCCCCCCCCCCC. The van der Waals surface area contributed by atoms with Gasteiger partial charge < -0.3 is 0 Å². The predicted octanol–water partition coefficient (Wildman–Crippen LogP) is 12.9. The van der Waals surface area contributed by atoms with Crippen LogP contribution < -0.4 is 4.57 Å². The molecule has 0 aliphatic rings. The van der Waals surface area contributed by atoms with E-state index in [1.807, 2.05) is 0 Å². The van der Waals surface area contributed by atoms with Crippen molar-refractivity contribution in [1.82, 2.24) is 4.98 Å². The smallest absolute Gasteiger partial charge is 0.247 e. The zero-order chi connectivity index (χ0) is 28.2. The zero-order valence-corrected chi connectivity index (χ0v) is 27.6. The molecule has 1 aromatic heterocycles. The number of unbranched alkanes of at least 4 members (excludes halogenated alkanes) is 22. The molecule has 0 amide bonds. The molecule has 1 heterocycles. The van der Waals surface area contributed by atoms with Crippen LogP contribution >= 0.6 is 0 Å². The molecule has 2 atom stereocenters. The number of H-pyrrole nitrogens is 1. The summed E-state index contributed by atoms with van der Waals surface area (Å²) in [5, 5.41) is 0. The lowest BCUT2D eigenvalue weighted by Crippen LogP contribution is -2.41. The van der Waals surface area contributed by atoms with Crippen LogP contribution in [0.1, 0.15) is 225 Å². The van der Waals surface area contributed by atoms with E-state index in [1.165, 1.54) is 186 Å². The molecule has 230 valence electrons.